The van der Waals surface area contributed by atoms with E-state index in [1.807, 2.05) is 24.0 Å². The van der Waals surface area contributed by atoms with Gasteiger partial charge in [0.15, 0.2) is 0 Å². The van der Waals surface area contributed by atoms with Crippen molar-refractivity contribution >= 4 is 17.4 Å². The van der Waals surface area contributed by atoms with Crippen LogP contribution in [0.5, 0.6) is 0 Å². The van der Waals surface area contributed by atoms with E-state index in [0.717, 1.165) is 11.1 Å². The Kier molecular flexibility index (Phi) is 4.41. The Balaban J connectivity index is 1.62. The molecule has 0 N–H and O–H groups in total. The number of hydrogen-bond acceptors (Lipinski definition) is 4. The van der Waals surface area contributed by atoms with Crippen LogP contribution in [0.4, 0.5) is 5.69 Å². The lowest BCUT2D eigenvalue weighted by Crippen LogP contribution is -2.63. The highest BCUT2D eigenvalue weighted by atomic mass is 32.2. The molecule has 142 valence electrons. The Labute approximate surface area is 175 Å². The van der Waals surface area contributed by atoms with Gasteiger partial charge in [-0.05, 0) is 30.7 Å². The monoisotopic (exact) mass is 395 g/mol. The maximum Gasteiger partial charge on any atom is 0.101 e. The number of hydrogen-bond donors (Lipinski definition) is 0. The summed E-state index contributed by atoms with van der Waals surface area (Å²) >= 11 is 2.04. The van der Waals surface area contributed by atoms with Crippen molar-refractivity contribution in [2.45, 2.75) is 29.0 Å². The van der Waals surface area contributed by atoms with Crippen LogP contribution in [0.1, 0.15) is 12.5 Å². The van der Waals surface area contributed by atoms with Crippen LogP contribution in [0, 0.1) is 11.3 Å². The van der Waals surface area contributed by atoms with E-state index in [1.165, 1.54) is 5.69 Å². The summed E-state index contributed by atoms with van der Waals surface area (Å²) in [6.07, 6.45) is 21.4. The summed E-state index contributed by atoms with van der Waals surface area (Å²) in [6, 6.07) is 13.0. The van der Waals surface area contributed by atoms with Crippen molar-refractivity contribution in [3.05, 3.63) is 96.9 Å². The number of benzene rings is 1. The molecule has 0 spiro atoms. The van der Waals surface area contributed by atoms with Crippen LogP contribution in [0.25, 0.3) is 11.1 Å². The van der Waals surface area contributed by atoms with E-state index >= 15 is 0 Å². The van der Waals surface area contributed by atoms with Gasteiger partial charge < -0.3 is 4.90 Å². The quantitative estimate of drug-likeness (QED) is 0.693. The summed E-state index contributed by atoms with van der Waals surface area (Å²) in [5.74, 6) is 0. The fourth-order valence-electron chi connectivity index (χ4n) is 4.47. The van der Waals surface area contributed by atoms with Crippen molar-refractivity contribution in [2.24, 2.45) is 0 Å². The molecule has 3 nitrogen and oxygen atoms in total. The van der Waals surface area contributed by atoms with E-state index in [2.05, 4.69) is 95.8 Å². The summed E-state index contributed by atoms with van der Waals surface area (Å²) in [6.45, 7) is 2.33. The maximum atomic E-state index is 9.23. The summed E-state index contributed by atoms with van der Waals surface area (Å²) in [5, 5.41) is 10.0. The molecule has 1 saturated heterocycles. The SMILES string of the molecule is CC12C=CC=CC1SC1C=CC=CC1N2c1cccc(-c2cncc(C#N)c2)c1. The van der Waals surface area contributed by atoms with Crippen molar-refractivity contribution in [1.82, 2.24) is 4.98 Å². The Hall–Kier alpha value is -3.03. The molecule has 2 heterocycles. The first kappa shape index (κ1) is 18.0. The molecular weight excluding hydrogens is 374 g/mol. The second-order valence-electron chi connectivity index (χ2n) is 7.75. The normalized spacial score (nSPS) is 29.2. The largest absolute Gasteiger partial charge is 0.353 e. The zero-order chi connectivity index (χ0) is 19.8. The highest BCUT2D eigenvalue weighted by molar-refractivity contribution is 8.01. The number of fused-ring (bicyclic) bond motifs is 2. The van der Waals surface area contributed by atoms with Crippen molar-refractivity contribution in [1.29, 1.82) is 5.26 Å². The molecule has 1 aromatic heterocycles. The third-order valence-corrected chi connectivity index (χ3v) is 7.59. The summed E-state index contributed by atoms with van der Waals surface area (Å²) < 4.78 is 0. The zero-order valence-corrected chi connectivity index (χ0v) is 17.0. The Bertz CT molecular complexity index is 1110. The third kappa shape index (κ3) is 3.03. The minimum absolute atomic E-state index is 0.110. The fraction of sp³-hybridized carbons (Fsp3) is 0.200. The van der Waals surface area contributed by atoms with Crippen LogP contribution in [-0.4, -0.2) is 27.1 Å². The maximum absolute atomic E-state index is 9.23. The van der Waals surface area contributed by atoms with Gasteiger partial charge in [-0.3, -0.25) is 4.98 Å². The Morgan fingerprint density at radius 3 is 2.79 bits per heavy atom. The molecular formula is C25H21N3S. The third-order valence-electron chi connectivity index (χ3n) is 5.91. The van der Waals surface area contributed by atoms with E-state index in [9.17, 15) is 5.26 Å². The predicted octanol–water partition coefficient (Wildman–Crippen LogP) is 5.29. The molecule has 2 aromatic rings. The number of nitriles is 1. The molecule has 29 heavy (non-hydrogen) atoms. The van der Waals surface area contributed by atoms with Crippen molar-refractivity contribution in [2.75, 3.05) is 4.90 Å². The first-order valence-electron chi connectivity index (χ1n) is 9.80. The lowest BCUT2D eigenvalue weighted by atomic mass is 9.86. The molecule has 3 aliphatic rings. The topological polar surface area (TPSA) is 39.9 Å². The van der Waals surface area contributed by atoms with Crippen LogP contribution in [0.2, 0.25) is 0 Å². The molecule has 5 rings (SSSR count). The first-order chi connectivity index (χ1) is 14.2. The average Bonchev–Trinajstić information content (AvgIpc) is 2.77. The molecule has 0 bridgehead atoms. The van der Waals surface area contributed by atoms with Gasteiger partial charge in [-0.1, -0.05) is 60.7 Å². The first-order valence-corrected chi connectivity index (χ1v) is 10.7. The van der Waals surface area contributed by atoms with Gasteiger partial charge in [-0.15, -0.1) is 11.8 Å². The number of allylic oxidation sites excluding steroid dienone is 4. The second-order valence-corrected chi connectivity index (χ2v) is 9.07. The standard InChI is InChI=1S/C25H21N3S/c1-25-12-5-4-11-24(25)29-23-10-3-2-9-22(23)28(25)21-8-6-7-19(14-21)20-13-18(15-26)16-27-17-20/h2-14,16-17,22-24H,1H3. The van der Waals surface area contributed by atoms with Crippen molar-refractivity contribution in [3.8, 4) is 17.2 Å². The lowest BCUT2D eigenvalue weighted by molar-refractivity contribution is 0.472. The number of thioether (sulfide) groups is 1. The number of nitrogens with zero attached hydrogens (tertiary/aromatic N) is 3. The molecule has 0 radical (unpaired) electrons. The molecule has 1 aliphatic heterocycles. The van der Waals surface area contributed by atoms with Gasteiger partial charge in [0.25, 0.3) is 0 Å². The minimum atomic E-state index is -0.110. The Morgan fingerprint density at radius 1 is 1.03 bits per heavy atom. The minimum Gasteiger partial charge on any atom is -0.353 e. The summed E-state index contributed by atoms with van der Waals surface area (Å²) in [4.78, 5) is 6.80. The lowest BCUT2D eigenvalue weighted by Gasteiger charge is -2.56. The number of pyridine rings is 1. The molecule has 4 atom stereocenters. The summed E-state index contributed by atoms with van der Waals surface area (Å²) in [5.41, 5.74) is 3.70. The van der Waals surface area contributed by atoms with Crippen molar-refractivity contribution < 1.29 is 0 Å². The molecule has 4 unspecified atom stereocenters. The van der Waals surface area contributed by atoms with Crippen molar-refractivity contribution in [3.63, 3.8) is 0 Å². The molecule has 0 amide bonds. The zero-order valence-electron chi connectivity index (χ0n) is 16.1. The fourth-order valence-corrected chi connectivity index (χ4v) is 6.02. The highest BCUT2D eigenvalue weighted by Gasteiger charge is 2.48. The van der Waals surface area contributed by atoms with Gasteiger partial charge in [0, 0.05) is 28.9 Å². The van der Waals surface area contributed by atoms with Crippen LogP contribution in [0.15, 0.2) is 91.3 Å². The predicted molar refractivity (Wildman–Crippen MR) is 121 cm³/mol. The van der Waals surface area contributed by atoms with E-state index in [1.54, 1.807) is 6.20 Å². The van der Waals surface area contributed by atoms with Crippen LogP contribution in [-0.2, 0) is 0 Å². The van der Waals surface area contributed by atoms with E-state index in [-0.39, 0.29) is 5.54 Å². The van der Waals surface area contributed by atoms with Crippen LogP contribution < -0.4 is 4.90 Å². The second kappa shape index (κ2) is 7.09. The molecule has 1 aromatic carbocycles. The number of rotatable bonds is 2. The van der Waals surface area contributed by atoms with E-state index < -0.39 is 0 Å². The Morgan fingerprint density at radius 2 is 1.90 bits per heavy atom. The van der Waals surface area contributed by atoms with E-state index in [0.29, 0.717) is 22.1 Å². The van der Waals surface area contributed by atoms with Gasteiger partial charge in [-0.25, -0.2) is 0 Å². The molecule has 2 aliphatic carbocycles. The van der Waals surface area contributed by atoms with Gasteiger partial charge in [-0.2, -0.15) is 5.26 Å². The van der Waals surface area contributed by atoms with Gasteiger partial charge >= 0.3 is 0 Å². The van der Waals surface area contributed by atoms with Crippen LogP contribution >= 0.6 is 11.8 Å². The molecule has 0 saturated carbocycles. The molecule has 1 fully saturated rings. The number of anilines is 1. The average molecular weight is 396 g/mol. The highest BCUT2D eigenvalue weighted by Crippen LogP contribution is 2.48. The summed E-state index contributed by atoms with van der Waals surface area (Å²) in [7, 11) is 0. The number of aromatic nitrogens is 1. The van der Waals surface area contributed by atoms with Crippen LogP contribution in [0.3, 0.4) is 0 Å². The van der Waals surface area contributed by atoms with Gasteiger partial charge in [0.05, 0.1) is 22.4 Å². The van der Waals surface area contributed by atoms with Gasteiger partial charge in [0.2, 0.25) is 0 Å². The van der Waals surface area contributed by atoms with E-state index in [4.69, 9.17) is 0 Å². The smallest absolute Gasteiger partial charge is 0.101 e. The molecule has 4 heteroatoms. The van der Waals surface area contributed by atoms with Gasteiger partial charge in [0.1, 0.15) is 6.07 Å².